The van der Waals surface area contributed by atoms with Crippen LogP contribution in [0.2, 0.25) is 0 Å². The lowest BCUT2D eigenvalue weighted by Gasteiger charge is -2.09. The van der Waals surface area contributed by atoms with Crippen LogP contribution in [0, 0.1) is 5.92 Å². The molecule has 1 rings (SSSR count). The molecule has 0 aliphatic heterocycles. The summed E-state index contributed by atoms with van der Waals surface area (Å²) < 4.78 is 5.62. The molecule has 0 spiro atoms. The molecule has 0 aromatic heterocycles. The first-order valence-electron chi connectivity index (χ1n) is 5.27. The molecule has 0 atom stereocenters. The van der Waals surface area contributed by atoms with Crippen LogP contribution in [0.3, 0.4) is 0 Å². The van der Waals surface area contributed by atoms with Crippen molar-refractivity contribution < 1.29 is 4.74 Å². The van der Waals surface area contributed by atoms with E-state index in [1.54, 1.807) is 0 Å². The monoisotopic (exact) mass is 191 g/mol. The molecule has 0 amide bonds. The van der Waals surface area contributed by atoms with Crippen molar-refractivity contribution in [1.29, 1.82) is 0 Å². The fourth-order valence-corrected chi connectivity index (χ4v) is 1.23. The summed E-state index contributed by atoms with van der Waals surface area (Å²) in [6.45, 7) is 7.22. The molecular weight excluding hydrogens is 172 g/mol. The molecule has 14 heavy (non-hydrogen) atoms. The van der Waals surface area contributed by atoms with Gasteiger partial charge in [-0.2, -0.15) is 0 Å². The summed E-state index contributed by atoms with van der Waals surface area (Å²) in [5.41, 5.74) is 1.26. The molecule has 0 saturated carbocycles. The molecule has 0 aliphatic carbocycles. The maximum absolute atomic E-state index is 5.62. The zero-order valence-corrected chi connectivity index (χ0v) is 9.34. The van der Waals surface area contributed by atoms with Crippen molar-refractivity contribution in [2.24, 2.45) is 0 Å². The van der Waals surface area contributed by atoms with Gasteiger partial charge in [0.1, 0.15) is 5.75 Å². The van der Waals surface area contributed by atoms with Crippen molar-refractivity contribution in [1.82, 2.24) is 0 Å². The molecular formula is C13H19O. The van der Waals surface area contributed by atoms with Crippen LogP contribution in [-0.4, -0.2) is 6.61 Å². The summed E-state index contributed by atoms with van der Waals surface area (Å²) in [4.78, 5) is 0. The zero-order chi connectivity index (χ0) is 10.4. The highest BCUT2D eigenvalue weighted by Crippen LogP contribution is 2.19. The fourth-order valence-electron chi connectivity index (χ4n) is 1.23. The van der Waals surface area contributed by atoms with Gasteiger partial charge in [0.2, 0.25) is 0 Å². The van der Waals surface area contributed by atoms with Gasteiger partial charge in [0.25, 0.3) is 0 Å². The van der Waals surface area contributed by atoms with E-state index in [2.05, 4.69) is 32.9 Å². The first kappa shape index (κ1) is 11.1. The molecule has 1 nitrogen and oxygen atoms in total. The molecule has 0 heterocycles. The largest absolute Gasteiger partial charge is 0.494 e. The van der Waals surface area contributed by atoms with Crippen LogP contribution in [0.15, 0.2) is 24.3 Å². The van der Waals surface area contributed by atoms with Crippen LogP contribution in [0.5, 0.6) is 5.75 Å². The minimum Gasteiger partial charge on any atom is -0.494 e. The van der Waals surface area contributed by atoms with E-state index >= 15 is 0 Å². The Hall–Kier alpha value is -0.980. The summed E-state index contributed by atoms with van der Waals surface area (Å²) in [6.07, 6.45) is 2.30. The first-order chi connectivity index (χ1) is 6.74. The smallest absolute Gasteiger partial charge is 0.119 e. The van der Waals surface area contributed by atoms with Gasteiger partial charge in [0.05, 0.1) is 6.61 Å². The second-order valence-electron chi connectivity index (χ2n) is 3.73. The summed E-state index contributed by atoms with van der Waals surface area (Å²) in [5.74, 6) is 2.31. The van der Waals surface area contributed by atoms with E-state index in [4.69, 9.17) is 4.74 Å². The van der Waals surface area contributed by atoms with Gasteiger partial charge in [-0.05, 0) is 30.0 Å². The summed E-state index contributed by atoms with van der Waals surface area (Å²) >= 11 is 0. The van der Waals surface area contributed by atoms with Gasteiger partial charge in [-0.1, -0.05) is 39.3 Å². The minimum absolute atomic E-state index is 0.822. The SMILES string of the molecule is CCCCOc1cccc([C](C)C)c1. The molecule has 0 aliphatic rings. The van der Waals surface area contributed by atoms with E-state index in [0.29, 0.717) is 0 Å². The Morgan fingerprint density at radius 1 is 1.29 bits per heavy atom. The van der Waals surface area contributed by atoms with Gasteiger partial charge in [-0.15, -0.1) is 0 Å². The van der Waals surface area contributed by atoms with Crippen LogP contribution in [0.25, 0.3) is 0 Å². The van der Waals surface area contributed by atoms with Gasteiger partial charge in [-0.25, -0.2) is 0 Å². The number of benzene rings is 1. The van der Waals surface area contributed by atoms with E-state index < -0.39 is 0 Å². The Morgan fingerprint density at radius 2 is 2.07 bits per heavy atom. The molecule has 0 fully saturated rings. The molecule has 77 valence electrons. The number of rotatable bonds is 5. The highest BCUT2D eigenvalue weighted by molar-refractivity contribution is 5.35. The third kappa shape index (κ3) is 3.41. The predicted molar refractivity (Wildman–Crippen MR) is 60.5 cm³/mol. The van der Waals surface area contributed by atoms with Crippen LogP contribution in [0.1, 0.15) is 39.2 Å². The molecule has 0 saturated heterocycles. The highest BCUT2D eigenvalue weighted by Gasteiger charge is 2.00. The Morgan fingerprint density at radius 3 is 2.71 bits per heavy atom. The van der Waals surface area contributed by atoms with E-state index in [9.17, 15) is 0 Å². The van der Waals surface area contributed by atoms with Crippen LogP contribution in [-0.2, 0) is 0 Å². The lowest BCUT2D eigenvalue weighted by molar-refractivity contribution is 0.309. The van der Waals surface area contributed by atoms with Crippen molar-refractivity contribution in [2.75, 3.05) is 6.61 Å². The highest BCUT2D eigenvalue weighted by atomic mass is 16.5. The van der Waals surface area contributed by atoms with Crippen LogP contribution < -0.4 is 4.74 Å². The Bertz CT molecular complexity index is 266. The normalized spacial score (nSPS) is 10.6. The summed E-state index contributed by atoms with van der Waals surface area (Å²) in [7, 11) is 0. The minimum atomic E-state index is 0.822. The van der Waals surface area contributed by atoms with Crippen LogP contribution in [0.4, 0.5) is 0 Å². The molecule has 0 bridgehead atoms. The standard InChI is InChI=1S/C13H19O/c1-4-5-9-14-13-8-6-7-12(10-13)11(2)3/h6-8,10H,4-5,9H2,1-3H3. The van der Waals surface area contributed by atoms with Gasteiger partial charge in [0, 0.05) is 0 Å². The number of ether oxygens (including phenoxy) is 1. The van der Waals surface area contributed by atoms with Crippen molar-refractivity contribution in [3.05, 3.63) is 35.7 Å². The third-order valence-corrected chi connectivity index (χ3v) is 2.18. The lowest BCUT2D eigenvalue weighted by Crippen LogP contribution is -1.97. The van der Waals surface area contributed by atoms with Gasteiger partial charge < -0.3 is 4.74 Å². The molecule has 1 aromatic rings. The zero-order valence-electron chi connectivity index (χ0n) is 9.34. The van der Waals surface area contributed by atoms with Crippen molar-refractivity contribution >= 4 is 0 Å². The topological polar surface area (TPSA) is 9.23 Å². The average molecular weight is 191 g/mol. The van der Waals surface area contributed by atoms with Crippen LogP contribution >= 0.6 is 0 Å². The molecule has 1 radical (unpaired) electrons. The van der Waals surface area contributed by atoms with E-state index in [1.807, 2.05) is 12.1 Å². The second kappa shape index (κ2) is 5.69. The Balaban J connectivity index is 2.55. The molecule has 0 unspecified atom stereocenters. The quantitative estimate of drug-likeness (QED) is 0.643. The average Bonchev–Trinajstić information content (AvgIpc) is 2.19. The van der Waals surface area contributed by atoms with Crippen molar-refractivity contribution in [3.63, 3.8) is 0 Å². The van der Waals surface area contributed by atoms with Gasteiger partial charge in [-0.3, -0.25) is 0 Å². The summed E-state index contributed by atoms with van der Waals surface area (Å²) in [5, 5.41) is 0. The predicted octanol–water partition coefficient (Wildman–Crippen LogP) is 3.83. The maximum atomic E-state index is 5.62. The van der Waals surface area contributed by atoms with E-state index in [-0.39, 0.29) is 0 Å². The number of unbranched alkanes of at least 4 members (excludes halogenated alkanes) is 1. The number of hydrogen-bond donors (Lipinski definition) is 0. The van der Waals surface area contributed by atoms with E-state index in [0.717, 1.165) is 18.8 Å². The summed E-state index contributed by atoms with van der Waals surface area (Å²) in [6, 6.07) is 8.28. The fraction of sp³-hybridized carbons (Fsp3) is 0.462. The second-order valence-corrected chi connectivity index (χ2v) is 3.73. The Kier molecular flexibility index (Phi) is 4.51. The third-order valence-electron chi connectivity index (χ3n) is 2.18. The molecule has 0 N–H and O–H groups in total. The lowest BCUT2D eigenvalue weighted by atomic mass is 10.0. The molecule has 1 aromatic carbocycles. The number of hydrogen-bond acceptors (Lipinski definition) is 1. The van der Waals surface area contributed by atoms with E-state index in [1.165, 1.54) is 17.9 Å². The molecule has 1 heteroatoms. The van der Waals surface area contributed by atoms with Gasteiger partial charge in [0.15, 0.2) is 0 Å². The maximum Gasteiger partial charge on any atom is 0.119 e. The van der Waals surface area contributed by atoms with Crippen molar-refractivity contribution in [3.8, 4) is 5.75 Å². The first-order valence-corrected chi connectivity index (χ1v) is 5.27. The van der Waals surface area contributed by atoms with Crippen molar-refractivity contribution in [2.45, 2.75) is 33.6 Å². The Labute approximate surface area is 87.1 Å². The van der Waals surface area contributed by atoms with Gasteiger partial charge >= 0.3 is 0 Å².